The Kier molecular flexibility index (Phi) is 6.72. The molecule has 0 spiro atoms. The predicted molar refractivity (Wildman–Crippen MR) is 86.7 cm³/mol. The molecule has 0 heterocycles. The highest BCUT2D eigenvalue weighted by atomic mass is 35.5. The molecule has 21 heavy (non-hydrogen) atoms. The Morgan fingerprint density at radius 2 is 2.14 bits per heavy atom. The molecule has 0 aliphatic heterocycles. The van der Waals surface area contributed by atoms with Crippen molar-refractivity contribution in [1.82, 2.24) is 10.2 Å². The lowest BCUT2D eigenvalue weighted by molar-refractivity contribution is 0.182. The van der Waals surface area contributed by atoms with E-state index in [0.29, 0.717) is 18.1 Å². The molecule has 2 amide bonds. The smallest absolute Gasteiger partial charge is 0.317 e. The molecule has 0 atom stereocenters. The second kappa shape index (κ2) is 8.05. The van der Waals surface area contributed by atoms with Crippen molar-refractivity contribution in [1.29, 1.82) is 0 Å². The highest BCUT2D eigenvalue weighted by molar-refractivity contribution is 6.31. The van der Waals surface area contributed by atoms with Gasteiger partial charge in [0.15, 0.2) is 0 Å². The Hall–Kier alpha value is -1.52. The van der Waals surface area contributed by atoms with Gasteiger partial charge in [0.1, 0.15) is 0 Å². The zero-order valence-corrected chi connectivity index (χ0v) is 13.4. The summed E-state index contributed by atoms with van der Waals surface area (Å²) in [5.74, 6) is 0. The number of aliphatic hydroxyl groups excluding tert-OH is 1. The van der Waals surface area contributed by atoms with Crippen LogP contribution in [0, 0.1) is 0 Å². The molecular formula is C16H23ClN2O2. The Morgan fingerprint density at radius 1 is 1.48 bits per heavy atom. The third kappa shape index (κ3) is 5.06. The Morgan fingerprint density at radius 3 is 2.71 bits per heavy atom. The first-order valence-electron chi connectivity index (χ1n) is 6.92. The van der Waals surface area contributed by atoms with Crippen LogP contribution < -0.4 is 5.32 Å². The summed E-state index contributed by atoms with van der Waals surface area (Å²) in [5, 5.41) is 12.6. The number of carbonyl (C=O) groups excluding carboxylic acids is 1. The molecule has 0 radical (unpaired) electrons. The van der Waals surface area contributed by atoms with Gasteiger partial charge >= 0.3 is 6.03 Å². The number of carbonyl (C=O) groups is 1. The number of halogens is 1. The maximum atomic E-state index is 12.1. The molecule has 1 aromatic rings. The van der Waals surface area contributed by atoms with E-state index in [0.717, 1.165) is 5.56 Å². The molecular weight excluding hydrogens is 288 g/mol. The van der Waals surface area contributed by atoms with Gasteiger partial charge in [0.05, 0.1) is 6.61 Å². The number of amides is 2. The van der Waals surface area contributed by atoms with Crippen molar-refractivity contribution in [3.05, 3.63) is 47.5 Å². The van der Waals surface area contributed by atoms with Crippen LogP contribution in [0.15, 0.2) is 36.9 Å². The van der Waals surface area contributed by atoms with Crippen LogP contribution in [-0.4, -0.2) is 42.3 Å². The van der Waals surface area contributed by atoms with E-state index in [1.54, 1.807) is 6.08 Å². The van der Waals surface area contributed by atoms with Gasteiger partial charge in [0.25, 0.3) is 0 Å². The van der Waals surface area contributed by atoms with Crippen molar-refractivity contribution < 1.29 is 9.90 Å². The molecule has 116 valence electrons. The van der Waals surface area contributed by atoms with Crippen LogP contribution in [0.3, 0.4) is 0 Å². The summed E-state index contributed by atoms with van der Waals surface area (Å²) in [5.41, 5.74) is 0.706. The highest BCUT2D eigenvalue weighted by Gasteiger charge is 2.24. The number of benzene rings is 1. The quantitative estimate of drug-likeness (QED) is 0.761. The number of nitrogens with one attached hydrogen (secondary N) is 1. The summed E-state index contributed by atoms with van der Waals surface area (Å²) in [6, 6.07) is 7.40. The van der Waals surface area contributed by atoms with Crippen molar-refractivity contribution in [2.75, 3.05) is 26.2 Å². The molecule has 0 saturated heterocycles. The van der Waals surface area contributed by atoms with Crippen molar-refractivity contribution in [2.45, 2.75) is 19.3 Å². The summed E-state index contributed by atoms with van der Waals surface area (Å²) in [4.78, 5) is 13.6. The largest absolute Gasteiger partial charge is 0.395 e. The number of rotatable bonds is 7. The summed E-state index contributed by atoms with van der Waals surface area (Å²) in [6.45, 7) is 8.73. The van der Waals surface area contributed by atoms with Gasteiger partial charge in [-0.2, -0.15) is 0 Å². The van der Waals surface area contributed by atoms with Gasteiger partial charge in [0, 0.05) is 30.1 Å². The van der Waals surface area contributed by atoms with E-state index in [2.05, 4.69) is 11.9 Å². The van der Waals surface area contributed by atoms with E-state index in [-0.39, 0.29) is 24.6 Å². The highest BCUT2D eigenvalue weighted by Crippen LogP contribution is 2.28. The van der Waals surface area contributed by atoms with Crippen LogP contribution in [0.5, 0.6) is 0 Å². The SMILES string of the molecule is C=CCN(CCO)C(=O)NCC(C)(C)c1ccccc1Cl. The predicted octanol–water partition coefficient (Wildman–Crippen LogP) is 2.81. The third-order valence-corrected chi connectivity index (χ3v) is 3.62. The van der Waals surface area contributed by atoms with E-state index >= 15 is 0 Å². The van der Waals surface area contributed by atoms with Crippen LogP contribution in [-0.2, 0) is 5.41 Å². The van der Waals surface area contributed by atoms with Crippen LogP contribution in [0.4, 0.5) is 4.79 Å². The fraction of sp³-hybridized carbons (Fsp3) is 0.438. The first-order chi connectivity index (χ1) is 9.92. The molecule has 1 rings (SSSR count). The number of nitrogens with zero attached hydrogens (tertiary/aromatic N) is 1. The van der Waals surface area contributed by atoms with E-state index in [9.17, 15) is 4.79 Å². The molecule has 2 N–H and O–H groups in total. The fourth-order valence-corrected chi connectivity index (χ4v) is 2.46. The van der Waals surface area contributed by atoms with E-state index in [4.69, 9.17) is 16.7 Å². The molecule has 0 fully saturated rings. The summed E-state index contributed by atoms with van der Waals surface area (Å²) in [6.07, 6.45) is 1.63. The maximum Gasteiger partial charge on any atom is 0.317 e. The number of hydrogen-bond donors (Lipinski definition) is 2. The number of urea groups is 1. The number of hydrogen-bond acceptors (Lipinski definition) is 2. The molecule has 0 aliphatic carbocycles. The molecule has 4 nitrogen and oxygen atoms in total. The topological polar surface area (TPSA) is 52.6 Å². The van der Waals surface area contributed by atoms with E-state index in [1.807, 2.05) is 38.1 Å². The number of aliphatic hydroxyl groups is 1. The lowest BCUT2D eigenvalue weighted by atomic mass is 9.84. The van der Waals surface area contributed by atoms with Crippen molar-refractivity contribution in [3.63, 3.8) is 0 Å². The first-order valence-corrected chi connectivity index (χ1v) is 7.29. The molecule has 0 bridgehead atoms. The normalized spacial score (nSPS) is 11.0. The summed E-state index contributed by atoms with van der Waals surface area (Å²) in [7, 11) is 0. The van der Waals surface area contributed by atoms with Crippen LogP contribution in [0.1, 0.15) is 19.4 Å². The Labute approximate surface area is 131 Å². The second-order valence-corrected chi connectivity index (χ2v) is 5.89. The van der Waals surface area contributed by atoms with Gasteiger partial charge < -0.3 is 15.3 Å². The van der Waals surface area contributed by atoms with Gasteiger partial charge in [-0.25, -0.2) is 4.79 Å². The van der Waals surface area contributed by atoms with Gasteiger partial charge in [-0.3, -0.25) is 0 Å². The molecule has 5 heteroatoms. The van der Waals surface area contributed by atoms with Crippen molar-refractivity contribution >= 4 is 17.6 Å². The second-order valence-electron chi connectivity index (χ2n) is 5.48. The molecule has 1 aromatic carbocycles. The van der Waals surface area contributed by atoms with Crippen LogP contribution >= 0.6 is 11.6 Å². The average Bonchev–Trinajstić information content (AvgIpc) is 2.45. The molecule has 0 saturated carbocycles. The van der Waals surface area contributed by atoms with Gasteiger partial charge in [-0.15, -0.1) is 6.58 Å². The minimum Gasteiger partial charge on any atom is -0.395 e. The summed E-state index contributed by atoms with van der Waals surface area (Å²) < 4.78 is 0. The summed E-state index contributed by atoms with van der Waals surface area (Å²) >= 11 is 6.22. The third-order valence-electron chi connectivity index (χ3n) is 3.29. The standard InChI is InChI=1S/C16H23ClN2O2/c1-4-9-19(10-11-20)15(21)18-12-16(2,3)13-7-5-6-8-14(13)17/h4-8,20H,1,9-12H2,2-3H3,(H,18,21). The minimum atomic E-state index is -0.285. The molecule has 0 aromatic heterocycles. The Balaban J connectivity index is 2.70. The van der Waals surface area contributed by atoms with Crippen LogP contribution in [0.2, 0.25) is 5.02 Å². The monoisotopic (exact) mass is 310 g/mol. The maximum absolute atomic E-state index is 12.1. The molecule has 0 unspecified atom stereocenters. The van der Waals surface area contributed by atoms with E-state index < -0.39 is 0 Å². The van der Waals surface area contributed by atoms with Crippen molar-refractivity contribution in [2.24, 2.45) is 0 Å². The minimum absolute atomic E-state index is 0.0742. The van der Waals surface area contributed by atoms with Crippen LogP contribution in [0.25, 0.3) is 0 Å². The Bertz CT molecular complexity index is 489. The lowest BCUT2D eigenvalue weighted by Gasteiger charge is -2.28. The van der Waals surface area contributed by atoms with Gasteiger partial charge in [0.2, 0.25) is 0 Å². The molecule has 0 aliphatic rings. The van der Waals surface area contributed by atoms with Crippen molar-refractivity contribution in [3.8, 4) is 0 Å². The average molecular weight is 311 g/mol. The lowest BCUT2D eigenvalue weighted by Crippen LogP contribution is -2.45. The zero-order valence-electron chi connectivity index (χ0n) is 12.6. The fourth-order valence-electron chi connectivity index (χ4n) is 2.07. The zero-order chi connectivity index (χ0) is 15.9. The van der Waals surface area contributed by atoms with Gasteiger partial charge in [-0.1, -0.05) is 49.7 Å². The van der Waals surface area contributed by atoms with E-state index in [1.165, 1.54) is 4.90 Å². The van der Waals surface area contributed by atoms with Gasteiger partial charge in [-0.05, 0) is 11.6 Å². The first kappa shape index (κ1) is 17.5.